The molecule has 148 valence electrons. The number of carbonyl (C=O) groups excluding carboxylic acids is 2. The van der Waals surface area contributed by atoms with Gasteiger partial charge in [0.2, 0.25) is 17.8 Å². The molecule has 28 heavy (non-hydrogen) atoms. The number of H-pyrrole nitrogens is 1. The Balaban J connectivity index is 1.41. The highest BCUT2D eigenvalue weighted by molar-refractivity contribution is 9.10. The number of piperidine rings is 1. The number of aromatic nitrogens is 3. The highest BCUT2D eigenvalue weighted by atomic mass is 79.9. The standard InChI is InChI=1S/C19H23BrN6O2/c20-14-8-6-13(7-9-14)17(28)26-12-4-5-15(26)16(27)21-18-22-19(24-23-18)25-10-2-1-3-11-25/h6-9,15H,1-5,10-12H2,(H2,21,22,23,24,27). The van der Waals surface area contributed by atoms with Crippen molar-refractivity contribution in [1.29, 1.82) is 0 Å². The minimum absolute atomic E-state index is 0.128. The largest absolute Gasteiger partial charge is 0.340 e. The maximum atomic E-state index is 12.8. The number of hydrogen-bond donors (Lipinski definition) is 2. The minimum atomic E-state index is -0.500. The van der Waals surface area contributed by atoms with Gasteiger partial charge >= 0.3 is 0 Å². The first kappa shape index (κ1) is 18.9. The molecule has 1 aromatic heterocycles. The third-order valence-electron chi connectivity index (χ3n) is 5.26. The summed E-state index contributed by atoms with van der Waals surface area (Å²) in [6.45, 7) is 2.44. The van der Waals surface area contributed by atoms with E-state index >= 15 is 0 Å². The lowest BCUT2D eigenvalue weighted by Gasteiger charge is -2.25. The van der Waals surface area contributed by atoms with Crippen LogP contribution in [0.15, 0.2) is 28.7 Å². The Bertz CT molecular complexity index is 846. The summed E-state index contributed by atoms with van der Waals surface area (Å²) in [6, 6.07) is 6.69. The van der Waals surface area contributed by atoms with Gasteiger partial charge < -0.3 is 9.80 Å². The first-order chi connectivity index (χ1) is 13.6. The highest BCUT2D eigenvalue weighted by Gasteiger charge is 2.35. The molecule has 1 atom stereocenters. The van der Waals surface area contributed by atoms with E-state index < -0.39 is 6.04 Å². The molecule has 4 rings (SSSR count). The Morgan fingerprint density at radius 1 is 1.07 bits per heavy atom. The molecule has 9 heteroatoms. The number of likely N-dealkylation sites (tertiary alicyclic amines) is 1. The molecule has 0 spiro atoms. The van der Waals surface area contributed by atoms with Crippen LogP contribution in [0.1, 0.15) is 42.5 Å². The average Bonchev–Trinajstić information content (AvgIpc) is 3.38. The van der Waals surface area contributed by atoms with Crippen LogP contribution in [-0.4, -0.2) is 57.6 Å². The Morgan fingerprint density at radius 2 is 1.82 bits per heavy atom. The number of nitrogens with zero attached hydrogens (tertiary/aromatic N) is 4. The maximum absolute atomic E-state index is 12.8. The van der Waals surface area contributed by atoms with Crippen molar-refractivity contribution < 1.29 is 9.59 Å². The van der Waals surface area contributed by atoms with E-state index in [0.717, 1.165) is 36.8 Å². The number of aromatic amines is 1. The number of hydrogen-bond acceptors (Lipinski definition) is 5. The van der Waals surface area contributed by atoms with Crippen molar-refractivity contribution >= 4 is 39.6 Å². The number of benzene rings is 1. The first-order valence-electron chi connectivity index (χ1n) is 9.66. The molecular weight excluding hydrogens is 424 g/mol. The Kier molecular flexibility index (Phi) is 5.61. The fourth-order valence-electron chi connectivity index (χ4n) is 3.78. The second-order valence-corrected chi connectivity index (χ2v) is 8.10. The molecule has 3 heterocycles. The van der Waals surface area contributed by atoms with Gasteiger partial charge in [0.15, 0.2) is 0 Å². The molecule has 0 radical (unpaired) electrons. The van der Waals surface area contributed by atoms with Gasteiger partial charge in [-0.05, 0) is 56.4 Å². The monoisotopic (exact) mass is 446 g/mol. The second kappa shape index (κ2) is 8.30. The topological polar surface area (TPSA) is 94.2 Å². The molecule has 2 aromatic rings. The van der Waals surface area contributed by atoms with Crippen LogP contribution in [0, 0.1) is 0 Å². The molecule has 2 aliphatic rings. The van der Waals surface area contributed by atoms with E-state index in [2.05, 4.69) is 41.3 Å². The van der Waals surface area contributed by atoms with Crippen LogP contribution < -0.4 is 10.2 Å². The molecular formula is C19H23BrN6O2. The molecule has 0 aliphatic carbocycles. The summed E-state index contributed by atoms with van der Waals surface area (Å²) >= 11 is 3.37. The molecule has 1 aromatic carbocycles. The van der Waals surface area contributed by atoms with Crippen molar-refractivity contribution in [2.75, 3.05) is 29.9 Å². The summed E-state index contributed by atoms with van der Waals surface area (Å²) in [5, 5.41) is 9.81. The van der Waals surface area contributed by atoms with Gasteiger partial charge in [-0.15, -0.1) is 5.10 Å². The van der Waals surface area contributed by atoms with E-state index in [1.165, 1.54) is 6.42 Å². The summed E-state index contributed by atoms with van der Waals surface area (Å²) in [6.07, 6.45) is 4.93. The minimum Gasteiger partial charge on any atom is -0.340 e. The summed E-state index contributed by atoms with van der Waals surface area (Å²) in [5.41, 5.74) is 0.579. The van der Waals surface area contributed by atoms with Crippen molar-refractivity contribution in [1.82, 2.24) is 20.1 Å². The molecule has 8 nitrogen and oxygen atoms in total. The molecule has 2 fully saturated rings. The average molecular weight is 447 g/mol. The van der Waals surface area contributed by atoms with Gasteiger partial charge in [-0.3, -0.25) is 14.9 Å². The van der Waals surface area contributed by atoms with Crippen LogP contribution in [0.4, 0.5) is 11.9 Å². The van der Waals surface area contributed by atoms with E-state index in [4.69, 9.17) is 0 Å². The lowest BCUT2D eigenvalue weighted by Crippen LogP contribution is -2.43. The van der Waals surface area contributed by atoms with Crippen molar-refractivity contribution in [3.8, 4) is 0 Å². The van der Waals surface area contributed by atoms with E-state index in [9.17, 15) is 9.59 Å². The number of halogens is 1. The number of anilines is 2. The van der Waals surface area contributed by atoms with E-state index in [0.29, 0.717) is 30.4 Å². The van der Waals surface area contributed by atoms with E-state index in [1.54, 1.807) is 17.0 Å². The lowest BCUT2D eigenvalue weighted by molar-refractivity contribution is -0.119. The summed E-state index contributed by atoms with van der Waals surface area (Å²) in [4.78, 5) is 33.8. The van der Waals surface area contributed by atoms with Crippen LogP contribution in [0.5, 0.6) is 0 Å². The smallest absolute Gasteiger partial charge is 0.254 e. The fourth-order valence-corrected chi connectivity index (χ4v) is 4.05. The first-order valence-corrected chi connectivity index (χ1v) is 10.5. The zero-order valence-corrected chi connectivity index (χ0v) is 17.1. The van der Waals surface area contributed by atoms with E-state index in [-0.39, 0.29) is 11.8 Å². The van der Waals surface area contributed by atoms with Gasteiger partial charge in [0.1, 0.15) is 6.04 Å². The molecule has 2 aliphatic heterocycles. The van der Waals surface area contributed by atoms with Crippen molar-refractivity contribution in [3.63, 3.8) is 0 Å². The molecule has 2 saturated heterocycles. The fraction of sp³-hybridized carbons (Fsp3) is 0.474. The molecule has 0 bridgehead atoms. The van der Waals surface area contributed by atoms with Crippen LogP contribution >= 0.6 is 15.9 Å². The Hall–Kier alpha value is -2.42. The quantitative estimate of drug-likeness (QED) is 0.752. The molecule has 2 N–H and O–H groups in total. The summed E-state index contributed by atoms with van der Waals surface area (Å²) in [7, 11) is 0. The predicted molar refractivity (Wildman–Crippen MR) is 109 cm³/mol. The molecule has 1 unspecified atom stereocenters. The van der Waals surface area contributed by atoms with Gasteiger partial charge in [0.05, 0.1) is 0 Å². The van der Waals surface area contributed by atoms with Gasteiger partial charge in [0.25, 0.3) is 5.91 Å². The van der Waals surface area contributed by atoms with Crippen molar-refractivity contribution in [2.45, 2.75) is 38.1 Å². The lowest BCUT2D eigenvalue weighted by atomic mass is 10.1. The number of amides is 2. The van der Waals surface area contributed by atoms with Crippen LogP contribution in [0.25, 0.3) is 0 Å². The van der Waals surface area contributed by atoms with Gasteiger partial charge in [0, 0.05) is 29.7 Å². The van der Waals surface area contributed by atoms with Gasteiger partial charge in [-0.2, -0.15) is 4.98 Å². The normalized spacial score (nSPS) is 19.7. The van der Waals surface area contributed by atoms with E-state index in [1.807, 2.05) is 12.1 Å². The maximum Gasteiger partial charge on any atom is 0.254 e. The summed E-state index contributed by atoms with van der Waals surface area (Å²) < 4.78 is 0.912. The van der Waals surface area contributed by atoms with Crippen molar-refractivity contribution in [3.05, 3.63) is 34.3 Å². The molecule has 0 saturated carbocycles. The third-order valence-corrected chi connectivity index (χ3v) is 5.79. The van der Waals surface area contributed by atoms with Crippen LogP contribution in [0.3, 0.4) is 0 Å². The zero-order valence-electron chi connectivity index (χ0n) is 15.5. The third kappa shape index (κ3) is 4.04. The Labute approximate surface area is 171 Å². The summed E-state index contributed by atoms with van der Waals surface area (Å²) in [5.74, 6) is 0.582. The number of nitrogens with one attached hydrogen (secondary N) is 2. The van der Waals surface area contributed by atoms with Crippen LogP contribution in [0.2, 0.25) is 0 Å². The molecule has 2 amide bonds. The predicted octanol–water partition coefficient (Wildman–Crippen LogP) is 2.80. The second-order valence-electron chi connectivity index (χ2n) is 7.18. The Morgan fingerprint density at radius 3 is 2.57 bits per heavy atom. The van der Waals surface area contributed by atoms with Crippen LogP contribution in [-0.2, 0) is 4.79 Å². The number of rotatable bonds is 4. The SMILES string of the molecule is O=C(Nc1nc(N2CCCCC2)n[nH]1)C1CCCN1C(=O)c1ccc(Br)cc1. The number of carbonyl (C=O) groups is 2. The van der Waals surface area contributed by atoms with Crippen molar-refractivity contribution in [2.24, 2.45) is 0 Å². The van der Waals surface area contributed by atoms with Gasteiger partial charge in [-0.1, -0.05) is 15.9 Å². The zero-order chi connectivity index (χ0) is 19.5. The highest BCUT2D eigenvalue weighted by Crippen LogP contribution is 2.23. The van der Waals surface area contributed by atoms with Gasteiger partial charge in [-0.25, -0.2) is 5.10 Å².